The van der Waals surface area contributed by atoms with Gasteiger partial charge in [-0.3, -0.25) is 4.79 Å². The highest BCUT2D eigenvalue weighted by molar-refractivity contribution is 5.99. The van der Waals surface area contributed by atoms with Gasteiger partial charge < -0.3 is 5.73 Å². The zero-order valence-electron chi connectivity index (χ0n) is 8.79. The summed E-state index contributed by atoms with van der Waals surface area (Å²) in [4.78, 5) is 10.9. The maximum atomic E-state index is 10.9. The molecular formula is C12H15NO. The zero-order valence-corrected chi connectivity index (χ0v) is 8.79. The Bertz CT molecular complexity index is 374. The molecule has 0 radical (unpaired) electrons. The third-order valence-electron chi connectivity index (χ3n) is 2.42. The highest BCUT2D eigenvalue weighted by Gasteiger charge is 2.04. The number of aryl methyl sites for hydroxylation is 1. The second-order valence-corrected chi connectivity index (χ2v) is 3.48. The van der Waals surface area contributed by atoms with Crippen molar-refractivity contribution in [1.82, 2.24) is 0 Å². The minimum absolute atomic E-state index is 0.358. The average Bonchev–Trinajstić information content (AvgIpc) is 2.16. The van der Waals surface area contributed by atoms with Crippen molar-refractivity contribution in [3.05, 3.63) is 41.0 Å². The third kappa shape index (κ3) is 2.22. The van der Waals surface area contributed by atoms with Gasteiger partial charge in [0.05, 0.1) is 0 Å². The van der Waals surface area contributed by atoms with Crippen LogP contribution in [0.25, 0.3) is 5.57 Å². The third-order valence-corrected chi connectivity index (χ3v) is 2.42. The predicted octanol–water partition coefficient (Wildman–Crippen LogP) is 2.27. The number of allylic oxidation sites excluding steroid dienone is 1. The lowest BCUT2D eigenvalue weighted by Crippen LogP contribution is -2.12. The fourth-order valence-corrected chi connectivity index (χ4v) is 1.20. The first-order valence-corrected chi connectivity index (χ1v) is 4.56. The van der Waals surface area contributed by atoms with Crippen molar-refractivity contribution in [1.29, 1.82) is 0 Å². The van der Waals surface area contributed by atoms with E-state index in [9.17, 15) is 4.79 Å². The van der Waals surface area contributed by atoms with E-state index in [-0.39, 0.29) is 5.91 Å². The highest BCUT2D eigenvalue weighted by atomic mass is 16.1. The van der Waals surface area contributed by atoms with Gasteiger partial charge >= 0.3 is 0 Å². The van der Waals surface area contributed by atoms with Crippen molar-refractivity contribution >= 4 is 11.5 Å². The van der Waals surface area contributed by atoms with Gasteiger partial charge in [0, 0.05) is 5.57 Å². The Balaban J connectivity index is 3.12. The summed E-state index contributed by atoms with van der Waals surface area (Å²) in [5.41, 5.74) is 9.02. The number of primary amides is 1. The fraction of sp³-hybridized carbons (Fsp3) is 0.250. The first kappa shape index (κ1) is 10.5. The molecule has 1 aromatic carbocycles. The molecule has 0 bridgehead atoms. The molecule has 0 unspecified atom stereocenters. The molecule has 2 nitrogen and oxygen atoms in total. The Morgan fingerprint density at radius 3 is 2.07 bits per heavy atom. The van der Waals surface area contributed by atoms with E-state index in [1.54, 1.807) is 6.92 Å². The number of benzene rings is 1. The van der Waals surface area contributed by atoms with Crippen LogP contribution >= 0.6 is 0 Å². The first-order valence-electron chi connectivity index (χ1n) is 4.56. The Morgan fingerprint density at radius 2 is 1.64 bits per heavy atom. The summed E-state index contributed by atoms with van der Waals surface area (Å²) in [7, 11) is 0. The van der Waals surface area contributed by atoms with E-state index in [0.29, 0.717) is 5.57 Å². The van der Waals surface area contributed by atoms with E-state index in [0.717, 1.165) is 11.1 Å². The average molecular weight is 189 g/mol. The largest absolute Gasteiger partial charge is 0.366 e. The first-order chi connectivity index (χ1) is 6.52. The normalized spacial score (nSPS) is 12.2. The monoisotopic (exact) mass is 189 g/mol. The number of hydrogen-bond acceptors (Lipinski definition) is 1. The molecule has 0 aromatic heterocycles. The van der Waals surface area contributed by atoms with Crippen molar-refractivity contribution < 1.29 is 4.79 Å². The van der Waals surface area contributed by atoms with Gasteiger partial charge in [-0.15, -0.1) is 0 Å². The van der Waals surface area contributed by atoms with E-state index < -0.39 is 0 Å². The van der Waals surface area contributed by atoms with Crippen molar-refractivity contribution in [3.63, 3.8) is 0 Å². The quantitative estimate of drug-likeness (QED) is 0.712. The van der Waals surface area contributed by atoms with Crippen LogP contribution in [0.15, 0.2) is 29.8 Å². The highest BCUT2D eigenvalue weighted by Crippen LogP contribution is 2.18. The molecule has 1 rings (SSSR count). The molecule has 2 heteroatoms. The van der Waals surface area contributed by atoms with Gasteiger partial charge in [0.1, 0.15) is 0 Å². The van der Waals surface area contributed by atoms with Gasteiger partial charge in [-0.1, -0.05) is 29.8 Å². The van der Waals surface area contributed by atoms with E-state index in [1.165, 1.54) is 5.56 Å². The van der Waals surface area contributed by atoms with Crippen LogP contribution in [0.4, 0.5) is 0 Å². The van der Waals surface area contributed by atoms with Gasteiger partial charge in [-0.05, 0) is 31.9 Å². The summed E-state index contributed by atoms with van der Waals surface area (Å²) in [6, 6.07) is 8.04. The summed E-state index contributed by atoms with van der Waals surface area (Å²) in [5.74, 6) is -0.358. The van der Waals surface area contributed by atoms with E-state index >= 15 is 0 Å². The molecule has 0 heterocycles. The number of rotatable bonds is 2. The molecule has 2 N–H and O–H groups in total. The lowest BCUT2D eigenvalue weighted by molar-refractivity contribution is -0.114. The van der Waals surface area contributed by atoms with Crippen molar-refractivity contribution in [2.45, 2.75) is 20.8 Å². The Morgan fingerprint density at radius 1 is 1.14 bits per heavy atom. The van der Waals surface area contributed by atoms with Crippen LogP contribution in [0.3, 0.4) is 0 Å². The minimum Gasteiger partial charge on any atom is -0.366 e. The molecule has 1 aromatic rings. The number of hydrogen-bond donors (Lipinski definition) is 1. The molecular weight excluding hydrogens is 174 g/mol. The maximum absolute atomic E-state index is 10.9. The molecule has 1 amide bonds. The molecule has 0 aliphatic heterocycles. The molecule has 0 aliphatic carbocycles. The summed E-state index contributed by atoms with van der Waals surface area (Å²) in [6.45, 7) is 5.69. The van der Waals surface area contributed by atoms with E-state index in [2.05, 4.69) is 0 Å². The predicted molar refractivity (Wildman–Crippen MR) is 58.6 cm³/mol. The van der Waals surface area contributed by atoms with E-state index in [4.69, 9.17) is 5.73 Å². The van der Waals surface area contributed by atoms with Crippen LogP contribution in [-0.2, 0) is 4.79 Å². The lowest BCUT2D eigenvalue weighted by Gasteiger charge is -2.05. The van der Waals surface area contributed by atoms with Crippen molar-refractivity contribution in [3.8, 4) is 0 Å². The molecule has 0 spiro atoms. The fourth-order valence-electron chi connectivity index (χ4n) is 1.20. The zero-order chi connectivity index (χ0) is 10.7. The van der Waals surface area contributed by atoms with Crippen LogP contribution in [0.5, 0.6) is 0 Å². The second-order valence-electron chi connectivity index (χ2n) is 3.48. The number of amides is 1. The van der Waals surface area contributed by atoms with Crippen molar-refractivity contribution in [2.75, 3.05) is 0 Å². The molecule has 74 valence electrons. The summed E-state index contributed by atoms with van der Waals surface area (Å²) < 4.78 is 0. The smallest absolute Gasteiger partial charge is 0.244 e. The standard InChI is InChI=1S/C12H15NO/c1-8-4-6-11(7-5-8)9(2)10(3)12(13)14/h4-7H,1-3H3,(H2,13,14)/b10-9+. The maximum Gasteiger partial charge on any atom is 0.244 e. The van der Waals surface area contributed by atoms with Crippen LogP contribution in [0, 0.1) is 6.92 Å². The Kier molecular flexibility index (Phi) is 3.07. The number of carbonyl (C=O) groups is 1. The Labute approximate surface area is 84.4 Å². The molecule has 0 aliphatic rings. The van der Waals surface area contributed by atoms with Crippen LogP contribution in [-0.4, -0.2) is 5.91 Å². The van der Waals surface area contributed by atoms with Gasteiger partial charge in [0.25, 0.3) is 0 Å². The molecule has 0 atom stereocenters. The van der Waals surface area contributed by atoms with Gasteiger partial charge in [0.2, 0.25) is 5.91 Å². The van der Waals surface area contributed by atoms with Crippen LogP contribution in [0.2, 0.25) is 0 Å². The SMILES string of the molecule is C/C(C(N)=O)=C(/C)c1ccc(C)cc1. The van der Waals surface area contributed by atoms with Gasteiger partial charge in [-0.25, -0.2) is 0 Å². The summed E-state index contributed by atoms with van der Waals surface area (Å²) >= 11 is 0. The van der Waals surface area contributed by atoms with E-state index in [1.807, 2.05) is 38.1 Å². The topological polar surface area (TPSA) is 43.1 Å². The molecule has 14 heavy (non-hydrogen) atoms. The number of carbonyl (C=O) groups excluding carboxylic acids is 1. The van der Waals surface area contributed by atoms with Crippen LogP contribution < -0.4 is 5.73 Å². The lowest BCUT2D eigenvalue weighted by atomic mass is 10.0. The van der Waals surface area contributed by atoms with Crippen molar-refractivity contribution in [2.24, 2.45) is 5.73 Å². The molecule has 0 saturated heterocycles. The van der Waals surface area contributed by atoms with Crippen LogP contribution in [0.1, 0.15) is 25.0 Å². The second kappa shape index (κ2) is 4.09. The molecule has 0 saturated carbocycles. The molecule has 0 fully saturated rings. The van der Waals surface area contributed by atoms with Gasteiger partial charge in [0.15, 0.2) is 0 Å². The Hall–Kier alpha value is -1.57. The summed E-state index contributed by atoms with van der Waals surface area (Å²) in [6.07, 6.45) is 0. The number of nitrogens with two attached hydrogens (primary N) is 1. The summed E-state index contributed by atoms with van der Waals surface area (Å²) in [5, 5.41) is 0. The van der Waals surface area contributed by atoms with Gasteiger partial charge in [-0.2, -0.15) is 0 Å². The minimum atomic E-state index is -0.358.